The summed E-state index contributed by atoms with van der Waals surface area (Å²) in [5, 5.41) is 4.48. The second kappa shape index (κ2) is 8.64. The van der Waals surface area contributed by atoms with Gasteiger partial charge in [-0.1, -0.05) is 30.3 Å². The van der Waals surface area contributed by atoms with Gasteiger partial charge in [-0.2, -0.15) is 13.2 Å². The van der Waals surface area contributed by atoms with E-state index in [9.17, 15) is 18.0 Å². The quantitative estimate of drug-likeness (QED) is 0.275. The van der Waals surface area contributed by atoms with Crippen LogP contribution in [-0.4, -0.2) is 10.9 Å². The van der Waals surface area contributed by atoms with Crippen molar-refractivity contribution in [3.8, 4) is 11.5 Å². The average Bonchev–Trinajstić information content (AvgIpc) is 2.84. The molecule has 174 valence electrons. The van der Waals surface area contributed by atoms with Gasteiger partial charge in [0.05, 0.1) is 22.5 Å². The van der Waals surface area contributed by atoms with Crippen LogP contribution in [0.5, 0.6) is 11.5 Å². The molecule has 1 heterocycles. The number of carbonyl (C=O) groups excluding carboxylic acids is 1. The molecule has 0 fully saturated rings. The van der Waals surface area contributed by atoms with Crippen molar-refractivity contribution < 1.29 is 22.7 Å². The third-order valence-corrected chi connectivity index (χ3v) is 5.57. The van der Waals surface area contributed by atoms with Crippen LogP contribution in [0.4, 0.5) is 24.5 Å². The van der Waals surface area contributed by atoms with Crippen LogP contribution in [-0.2, 0) is 6.18 Å². The number of para-hydroxylation sites is 3. The van der Waals surface area contributed by atoms with Crippen molar-refractivity contribution in [2.24, 2.45) is 0 Å². The number of hydrogen-bond acceptors (Lipinski definition) is 4. The van der Waals surface area contributed by atoms with E-state index in [0.29, 0.717) is 28.1 Å². The highest BCUT2D eigenvalue weighted by atomic mass is 19.4. The van der Waals surface area contributed by atoms with Gasteiger partial charge in [0, 0.05) is 17.1 Å². The Bertz CT molecular complexity index is 1580. The average molecular weight is 473 g/mol. The Hall–Kier alpha value is -4.59. The predicted octanol–water partition coefficient (Wildman–Crippen LogP) is 7.03. The van der Waals surface area contributed by atoms with Crippen LogP contribution in [0.3, 0.4) is 0 Å². The molecule has 0 atom stereocenters. The maximum atomic E-state index is 13.4. The van der Waals surface area contributed by atoms with E-state index in [1.165, 1.54) is 24.4 Å². The van der Waals surface area contributed by atoms with Crippen LogP contribution >= 0.6 is 0 Å². The molecule has 1 aromatic heterocycles. The number of halogens is 3. The van der Waals surface area contributed by atoms with Crippen LogP contribution in [0.15, 0.2) is 91.1 Å². The Kier molecular flexibility index (Phi) is 5.49. The number of rotatable bonds is 4. The largest absolute Gasteiger partial charge is 0.457 e. The maximum absolute atomic E-state index is 13.4. The van der Waals surface area contributed by atoms with Gasteiger partial charge in [-0.3, -0.25) is 9.78 Å². The van der Waals surface area contributed by atoms with Crippen LogP contribution in [0.2, 0.25) is 0 Å². The fourth-order valence-corrected chi connectivity index (χ4v) is 3.92. The van der Waals surface area contributed by atoms with Crippen LogP contribution in [0.1, 0.15) is 15.9 Å². The molecule has 0 spiro atoms. The number of ether oxygens (including phenoxy) is 1. The van der Waals surface area contributed by atoms with E-state index in [1.807, 2.05) is 6.07 Å². The fourth-order valence-electron chi connectivity index (χ4n) is 3.92. The van der Waals surface area contributed by atoms with Gasteiger partial charge in [0.2, 0.25) is 0 Å². The van der Waals surface area contributed by atoms with E-state index >= 15 is 0 Å². The van der Waals surface area contributed by atoms with E-state index < -0.39 is 11.7 Å². The molecule has 0 aliphatic rings. The molecule has 0 aliphatic carbocycles. The second-order valence-corrected chi connectivity index (χ2v) is 7.84. The zero-order valence-corrected chi connectivity index (χ0v) is 18.1. The third-order valence-electron chi connectivity index (χ3n) is 5.57. The molecule has 5 nitrogen and oxygen atoms in total. The van der Waals surface area contributed by atoms with Gasteiger partial charge in [-0.05, 0) is 65.4 Å². The Balaban J connectivity index is 1.48. The first-order valence-corrected chi connectivity index (χ1v) is 10.6. The van der Waals surface area contributed by atoms with Crippen LogP contribution < -0.4 is 15.8 Å². The van der Waals surface area contributed by atoms with E-state index in [1.54, 1.807) is 54.6 Å². The molecular weight excluding hydrogens is 455 g/mol. The van der Waals surface area contributed by atoms with E-state index in [0.717, 1.165) is 11.5 Å². The standard InChI is InChI=1S/C27H18F3N3O2/c28-27(29,30)21-8-4-7-20-24(13-14-32-25(20)21)35-17-11-12-18-16(15-17)5-3-6-19(18)26(34)33-23-10-2-1-9-22(23)31/h1-15H,31H2,(H,33,34). The van der Waals surface area contributed by atoms with Crippen molar-refractivity contribution in [3.05, 3.63) is 102 Å². The molecule has 0 aliphatic heterocycles. The summed E-state index contributed by atoms with van der Waals surface area (Å²) in [5.41, 5.74) is 6.33. The fraction of sp³-hybridized carbons (Fsp3) is 0.0370. The molecule has 5 rings (SSSR count). The Labute approximate surface area is 198 Å². The number of hydrogen-bond donors (Lipinski definition) is 2. The SMILES string of the molecule is Nc1ccccc1NC(=O)c1cccc2cc(Oc3ccnc4c(C(F)(F)F)cccc34)ccc12. The number of aromatic nitrogens is 1. The zero-order chi connectivity index (χ0) is 24.6. The molecule has 0 radical (unpaired) electrons. The highest BCUT2D eigenvalue weighted by Gasteiger charge is 2.33. The highest BCUT2D eigenvalue weighted by Crippen LogP contribution is 2.38. The molecule has 5 aromatic rings. The number of anilines is 2. The summed E-state index contributed by atoms with van der Waals surface area (Å²) < 4.78 is 46.1. The summed E-state index contributed by atoms with van der Waals surface area (Å²) in [6.07, 6.45) is -3.25. The Morgan fingerprint density at radius 1 is 0.886 bits per heavy atom. The van der Waals surface area contributed by atoms with Gasteiger partial charge in [0.15, 0.2) is 0 Å². The Morgan fingerprint density at radius 3 is 2.49 bits per heavy atom. The number of nitrogens with two attached hydrogens (primary N) is 1. The number of carbonyl (C=O) groups is 1. The maximum Gasteiger partial charge on any atom is 0.418 e. The number of amides is 1. The lowest BCUT2D eigenvalue weighted by atomic mass is 10.0. The van der Waals surface area contributed by atoms with Gasteiger partial charge < -0.3 is 15.8 Å². The van der Waals surface area contributed by atoms with Gasteiger partial charge in [0.1, 0.15) is 11.5 Å². The number of nitrogens with one attached hydrogen (secondary N) is 1. The van der Waals surface area contributed by atoms with Crippen molar-refractivity contribution in [2.75, 3.05) is 11.1 Å². The summed E-state index contributed by atoms with van der Waals surface area (Å²) in [6.45, 7) is 0. The Morgan fingerprint density at radius 2 is 1.69 bits per heavy atom. The monoisotopic (exact) mass is 473 g/mol. The van der Waals surface area contributed by atoms with Crippen molar-refractivity contribution in [2.45, 2.75) is 6.18 Å². The molecular formula is C27H18F3N3O2. The lowest BCUT2D eigenvalue weighted by Gasteiger charge is -2.14. The number of pyridine rings is 1. The number of nitrogen functional groups attached to an aromatic ring is 1. The lowest BCUT2D eigenvalue weighted by Crippen LogP contribution is -2.13. The van der Waals surface area contributed by atoms with E-state index in [4.69, 9.17) is 10.5 Å². The summed E-state index contributed by atoms with van der Waals surface area (Å²) in [6, 6.07) is 22.7. The molecule has 35 heavy (non-hydrogen) atoms. The first-order valence-electron chi connectivity index (χ1n) is 10.6. The minimum Gasteiger partial charge on any atom is -0.457 e. The number of fused-ring (bicyclic) bond motifs is 2. The summed E-state index contributed by atoms with van der Waals surface area (Å²) in [5.74, 6) is 0.336. The first kappa shape index (κ1) is 22.2. The third kappa shape index (κ3) is 4.33. The van der Waals surface area contributed by atoms with Crippen molar-refractivity contribution >= 4 is 39.0 Å². The summed E-state index contributed by atoms with van der Waals surface area (Å²) >= 11 is 0. The lowest BCUT2D eigenvalue weighted by molar-refractivity contribution is -0.136. The van der Waals surface area contributed by atoms with Gasteiger partial charge in [0.25, 0.3) is 5.91 Å². The van der Waals surface area contributed by atoms with Gasteiger partial charge in [-0.15, -0.1) is 0 Å². The molecule has 0 unspecified atom stereocenters. The second-order valence-electron chi connectivity index (χ2n) is 7.84. The van der Waals surface area contributed by atoms with Crippen molar-refractivity contribution in [3.63, 3.8) is 0 Å². The minimum atomic E-state index is -4.53. The van der Waals surface area contributed by atoms with Crippen LogP contribution in [0.25, 0.3) is 21.7 Å². The molecule has 1 amide bonds. The molecule has 0 saturated heterocycles. The topological polar surface area (TPSA) is 77.2 Å². The smallest absolute Gasteiger partial charge is 0.418 e. The first-order chi connectivity index (χ1) is 16.8. The highest BCUT2D eigenvalue weighted by molar-refractivity contribution is 6.13. The number of benzene rings is 4. The number of alkyl halides is 3. The van der Waals surface area contributed by atoms with E-state index in [-0.39, 0.29) is 22.6 Å². The minimum absolute atomic E-state index is 0.183. The molecule has 4 aromatic carbocycles. The van der Waals surface area contributed by atoms with Crippen molar-refractivity contribution in [1.82, 2.24) is 4.98 Å². The summed E-state index contributed by atoms with van der Waals surface area (Å²) in [4.78, 5) is 16.8. The van der Waals surface area contributed by atoms with Crippen molar-refractivity contribution in [1.29, 1.82) is 0 Å². The number of nitrogens with zero attached hydrogens (tertiary/aromatic N) is 1. The molecule has 0 saturated carbocycles. The predicted molar refractivity (Wildman–Crippen MR) is 130 cm³/mol. The molecule has 0 bridgehead atoms. The van der Waals surface area contributed by atoms with Crippen LogP contribution in [0, 0.1) is 0 Å². The normalized spacial score (nSPS) is 11.5. The van der Waals surface area contributed by atoms with Gasteiger partial charge in [-0.25, -0.2) is 0 Å². The molecule has 3 N–H and O–H groups in total. The van der Waals surface area contributed by atoms with Gasteiger partial charge >= 0.3 is 6.18 Å². The summed E-state index contributed by atoms with van der Waals surface area (Å²) in [7, 11) is 0. The zero-order valence-electron chi connectivity index (χ0n) is 18.1. The van der Waals surface area contributed by atoms with E-state index in [2.05, 4.69) is 10.3 Å². The molecule has 8 heteroatoms.